The van der Waals surface area contributed by atoms with Crippen molar-refractivity contribution in [2.45, 2.75) is 46.6 Å². The van der Waals surface area contributed by atoms with E-state index in [2.05, 4.69) is 6.92 Å². The van der Waals surface area contributed by atoms with Gasteiger partial charge < -0.3 is 16.7 Å². The van der Waals surface area contributed by atoms with Gasteiger partial charge in [-0.2, -0.15) is 0 Å². The van der Waals surface area contributed by atoms with Crippen molar-refractivity contribution in [3.8, 4) is 0 Å². The smallest absolute Gasteiger partial charge is 0.129 e. The number of rotatable bonds is 2. The molecule has 0 radical (unpaired) electrons. The normalized spacial score (nSPS) is 10.3. The quantitative estimate of drug-likeness (QED) is 0.656. The van der Waals surface area contributed by atoms with Crippen LogP contribution in [0, 0.1) is 0 Å². The van der Waals surface area contributed by atoms with Crippen LogP contribution in [-0.4, -0.2) is 11.8 Å². The molecule has 0 spiro atoms. The summed E-state index contributed by atoms with van der Waals surface area (Å²) in [6, 6.07) is 0.384. The zero-order valence-electron chi connectivity index (χ0n) is 8.18. The zero-order chi connectivity index (χ0) is 8.57. The van der Waals surface area contributed by atoms with E-state index in [1.54, 1.807) is 6.92 Å². The third-order valence-corrected chi connectivity index (χ3v) is 1.14. The SMILES string of the molecule is CCC(C)=O.CCC(C)N.N.[HH]. The van der Waals surface area contributed by atoms with E-state index >= 15 is 0 Å². The second-order valence-corrected chi connectivity index (χ2v) is 2.44. The van der Waals surface area contributed by atoms with Crippen LogP contribution in [0.25, 0.3) is 0 Å². The number of carbonyl (C=O) groups is 1. The lowest BCUT2D eigenvalue weighted by Gasteiger charge is -1.91. The number of hydrogen-bond donors (Lipinski definition) is 2. The van der Waals surface area contributed by atoms with Crippen LogP contribution >= 0.6 is 0 Å². The Balaban J connectivity index is -0.0000000457. The average molecular weight is 164 g/mol. The van der Waals surface area contributed by atoms with Crippen LogP contribution in [0.4, 0.5) is 0 Å². The molecule has 0 heterocycles. The van der Waals surface area contributed by atoms with E-state index in [9.17, 15) is 4.79 Å². The molecule has 5 N–H and O–H groups in total. The first-order valence-electron chi connectivity index (χ1n) is 3.79. The van der Waals surface area contributed by atoms with Crippen LogP contribution in [-0.2, 0) is 4.79 Å². The molecule has 0 aliphatic heterocycles. The van der Waals surface area contributed by atoms with E-state index < -0.39 is 0 Å². The lowest BCUT2D eigenvalue weighted by Crippen LogP contribution is -2.11. The van der Waals surface area contributed by atoms with Crippen LogP contribution in [0.15, 0.2) is 0 Å². The first kappa shape index (κ1) is 16.9. The van der Waals surface area contributed by atoms with Gasteiger partial charge in [-0.25, -0.2) is 0 Å². The van der Waals surface area contributed by atoms with Gasteiger partial charge >= 0.3 is 0 Å². The maximum Gasteiger partial charge on any atom is 0.129 e. The number of nitrogens with two attached hydrogens (primary N) is 1. The third-order valence-electron chi connectivity index (χ3n) is 1.14. The molecule has 1 atom stereocenters. The number of Topliss-reactive ketones (excluding diaryl/α,β-unsaturated/α-hetero) is 1. The van der Waals surface area contributed by atoms with E-state index in [1.807, 2.05) is 13.8 Å². The molecule has 0 bridgehead atoms. The summed E-state index contributed by atoms with van der Waals surface area (Å²) in [7, 11) is 0. The predicted molar refractivity (Wildman–Crippen MR) is 52.0 cm³/mol. The first-order valence-corrected chi connectivity index (χ1v) is 3.79. The Bertz CT molecular complexity index is 87.1. The minimum atomic E-state index is 0. The summed E-state index contributed by atoms with van der Waals surface area (Å²) in [6.45, 7) is 7.51. The van der Waals surface area contributed by atoms with Gasteiger partial charge in [-0.3, -0.25) is 0 Å². The number of hydrogen-bond acceptors (Lipinski definition) is 3. The van der Waals surface area contributed by atoms with Crippen LogP contribution in [0.3, 0.4) is 0 Å². The van der Waals surface area contributed by atoms with E-state index in [4.69, 9.17) is 5.73 Å². The lowest BCUT2D eigenvalue weighted by molar-refractivity contribution is -0.116. The van der Waals surface area contributed by atoms with Crippen LogP contribution in [0.1, 0.15) is 42.0 Å². The predicted octanol–water partition coefficient (Wildman–Crippen LogP) is 2.14. The van der Waals surface area contributed by atoms with Gasteiger partial charge in [0.15, 0.2) is 0 Å². The molecule has 0 aliphatic rings. The average Bonchev–Trinajstić information content (AvgIpc) is 1.89. The summed E-state index contributed by atoms with van der Waals surface area (Å²) in [5, 5.41) is 0. The highest BCUT2D eigenvalue weighted by atomic mass is 16.1. The molecule has 0 aromatic rings. The van der Waals surface area contributed by atoms with Crippen molar-refractivity contribution in [1.29, 1.82) is 0 Å². The Morgan fingerprint density at radius 3 is 1.73 bits per heavy atom. The van der Waals surface area contributed by atoms with Crippen molar-refractivity contribution in [2.24, 2.45) is 5.73 Å². The van der Waals surface area contributed by atoms with Crippen LogP contribution in [0.5, 0.6) is 0 Å². The Morgan fingerprint density at radius 1 is 1.55 bits per heavy atom. The summed E-state index contributed by atoms with van der Waals surface area (Å²) in [5.41, 5.74) is 5.29. The Hall–Kier alpha value is -0.410. The maximum absolute atomic E-state index is 9.81. The summed E-state index contributed by atoms with van der Waals surface area (Å²) in [4.78, 5) is 9.81. The minimum absolute atomic E-state index is 0. The van der Waals surface area contributed by atoms with E-state index in [-0.39, 0.29) is 13.4 Å². The fraction of sp³-hybridized carbons (Fsp3) is 0.875. The van der Waals surface area contributed by atoms with Crippen molar-refractivity contribution in [2.75, 3.05) is 0 Å². The lowest BCUT2D eigenvalue weighted by atomic mass is 10.3. The molecule has 0 amide bonds. The van der Waals surface area contributed by atoms with Gasteiger partial charge in [0.05, 0.1) is 0 Å². The van der Waals surface area contributed by atoms with Gasteiger partial charge in [-0.15, -0.1) is 0 Å². The summed E-state index contributed by atoms with van der Waals surface area (Å²) in [6.07, 6.45) is 1.75. The summed E-state index contributed by atoms with van der Waals surface area (Å²) < 4.78 is 0. The molecule has 11 heavy (non-hydrogen) atoms. The van der Waals surface area contributed by atoms with E-state index in [0.29, 0.717) is 12.5 Å². The van der Waals surface area contributed by atoms with Gasteiger partial charge in [0.2, 0.25) is 0 Å². The molecule has 0 aliphatic carbocycles. The Labute approximate surface area is 71.4 Å². The largest absolute Gasteiger partial charge is 0.344 e. The van der Waals surface area contributed by atoms with Crippen LogP contribution < -0.4 is 11.9 Å². The molecule has 0 saturated carbocycles. The fourth-order valence-electron chi connectivity index (χ4n) is 0. The molecular formula is C8H24N2O. The molecule has 0 fully saturated rings. The van der Waals surface area contributed by atoms with Crippen molar-refractivity contribution in [3.63, 3.8) is 0 Å². The van der Waals surface area contributed by atoms with Gasteiger partial charge in [-0.05, 0) is 20.3 Å². The molecule has 0 aromatic heterocycles. The van der Waals surface area contributed by atoms with Crippen molar-refractivity contribution < 1.29 is 6.22 Å². The van der Waals surface area contributed by atoms with Gasteiger partial charge in [0, 0.05) is 13.9 Å². The second kappa shape index (κ2) is 12.3. The van der Waals surface area contributed by atoms with Gasteiger partial charge in [0.25, 0.3) is 0 Å². The minimum Gasteiger partial charge on any atom is -0.344 e. The van der Waals surface area contributed by atoms with E-state index in [0.717, 1.165) is 6.42 Å². The Morgan fingerprint density at radius 2 is 1.73 bits per heavy atom. The molecule has 1 unspecified atom stereocenters. The summed E-state index contributed by atoms with van der Waals surface area (Å²) in [5.74, 6) is 0.255. The highest BCUT2D eigenvalue weighted by Gasteiger charge is 1.79. The Kier molecular flexibility index (Phi) is 18.9. The number of carbonyl (C=O) groups excluding carboxylic acids is 1. The van der Waals surface area contributed by atoms with Gasteiger partial charge in [0.1, 0.15) is 5.78 Å². The fourth-order valence-corrected chi connectivity index (χ4v) is 0. The topological polar surface area (TPSA) is 78.1 Å². The third kappa shape index (κ3) is 42.9. The van der Waals surface area contributed by atoms with Crippen molar-refractivity contribution >= 4 is 5.78 Å². The maximum atomic E-state index is 9.81. The molecule has 3 nitrogen and oxygen atoms in total. The molecule has 0 rings (SSSR count). The van der Waals surface area contributed by atoms with Gasteiger partial charge in [-0.1, -0.05) is 13.8 Å². The zero-order valence-corrected chi connectivity index (χ0v) is 8.18. The molecule has 0 aromatic carbocycles. The highest BCUT2D eigenvalue weighted by molar-refractivity contribution is 5.74. The monoisotopic (exact) mass is 164 g/mol. The molecule has 3 heteroatoms. The molecule has 0 saturated heterocycles. The number of ketones is 1. The van der Waals surface area contributed by atoms with Crippen molar-refractivity contribution in [1.82, 2.24) is 6.15 Å². The van der Waals surface area contributed by atoms with E-state index in [1.165, 1.54) is 0 Å². The second-order valence-electron chi connectivity index (χ2n) is 2.44. The first-order chi connectivity index (χ1) is 4.54. The standard InChI is InChI=1S/C4H11N.C4H8O.H3N.H2/c2*1-3-4(2)5;;/h4H,3,5H2,1-2H3;3H2,1-2H3;1H3;1H. The highest BCUT2D eigenvalue weighted by Crippen LogP contribution is 1.77. The van der Waals surface area contributed by atoms with Crippen LogP contribution in [0.2, 0.25) is 0 Å². The van der Waals surface area contributed by atoms with Crippen molar-refractivity contribution in [3.05, 3.63) is 0 Å². The molecule has 72 valence electrons. The molecular weight excluding hydrogens is 140 g/mol. The summed E-state index contributed by atoms with van der Waals surface area (Å²) >= 11 is 0.